The van der Waals surface area contributed by atoms with Crippen molar-refractivity contribution in [1.82, 2.24) is 0 Å². The van der Waals surface area contributed by atoms with Crippen molar-refractivity contribution in [2.45, 2.75) is 0 Å². The second kappa shape index (κ2) is 14.3. The fourth-order valence-electron chi connectivity index (χ4n) is 0. The molecule has 0 aliphatic carbocycles. The van der Waals surface area contributed by atoms with Gasteiger partial charge >= 0.3 is 44.8 Å². The average molecular weight is 230 g/mol. The van der Waals surface area contributed by atoms with Gasteiger partial charge in [0.1, 0.15) is 0 Å². The quantitative estimate of drug-likeness (QED) is 0.226. The Morgan fingerprint density at radius 1 is 1.00 bits per heavy atom. The summed E-state index contributed by atoms with van der Waals surface area (Å²) in [5, 5.41) is 13.9. The Kier molecular flexibility index (Phi) is 35.0. The van der Waals surface area contributed by atoms with E-state index in [0.29, 0.717) is 0 Å². The normalized spacial score (nSPS) is 7.00. The van der Waals surface area contributed by atoms with Crippen molar-refractivity contribution in [3.8, 4) is 0 Å². The van der Waals surface area contributed by atoms with Crippen LogP contribution in [0, 0.1) is 0 Å². The summed E-state index contributed by atoms with van der Waals surface area (Å²) in [6.45, 7) is 0. The van der Waals surface area contributed by atoms with Gasteiger partial charge in [0.15, 0.2) is 17.4 Å². The maximum atomic E-state index is 8.56. The molecule has 8 nitrogen and oxygen atoms in total. The van der Waals surface area contributed by atoms with E-state index in [2.05, 4.69) is 0 Å². The minimum absolute atomic E-state index is 0. The Balaban J connectivity index is -0.0000000221. The van der Waals surface area contributed by atoms with Crippen LogP contribution < -0.4 is 0 Å². The molecule has 0 radical (unpaired) electrons. The van der Waals surface area contributed by atoms with Gasteiger partial charge < -0.3 is 34.9 Å². The van der Waals surface area contributed by atoms with Gasteiger partial charge in [-0.2, -0.15) is 0 Å². The monoisotopic (exact) mass is 230 g/mol. The predicted molar refractivity (Wildman–Crippen MR) is 46.0 cm³/mol. The van der Waals surface area contributed by atoms with E-state index in [4.69, 9.17) is 34.2 Å². The third kappa shape index (κ3) is 1550. The van der Waals surface area contributed by atoms with Crippen LogP contribution >= 0.6 is 0 Å². The molecule has 0 fully saturated rings. The maximum absolute atomic E-state index is 8.56. The van der Waals surface area contributed by atoms with Crippen LogP contribution in [0.1, 0.15) is 0 Å². The van der Waals surface area contributed by atoms with Crippen LogP contribution in [0.2, 0.25) is 0 Å². The van der Waals surface area contributed by atoms with Gasteiger partial charge in [-0.15, -0.1) is 0 Å². The summed E-state index contributed by atoms with van der Waals surface area (Å²) < 4.78 is 0. The first-order chi connectivity index (χ1) is 3.73. The molecule has 0 aromatic heterocycles. The summed E-state index contributed by atoms with van der Waals surface area (Å²) in [6, 6.07) is 0. The molecule has 0 aromatic carbocycles. The Hall–Kier alpha value is 0.819. The average Bonchev–Trinajstić information content (AvgIpc) is 1.19. The van der Waals surface area contributed by atoms with Crippen molar-refractivity contribution in [2.75, 3.05) is 0 Å². The van der Waals surface area contributed by atoms with E-state index < -0.39 is 15.2 Å². The van der Waals surface area contributed by atoms with Crippen molar-refractivity contribution in [3.63, 3.8) is 0 Å². The standard InChI is InChI=1S/CH2O3.Al.Na.H4O4Si.H2O.4H/c2-1(3)4;;;1-5(2,3)4;;;;;/h(H2,2,3,4);;;1-4H;1H2;;;;. The Labute approximate surface area is 101 Å². The van der Waals surface area contributed by atoms with Crippen molar-refractivity contribution in [2.24, 2.45) is 0 Å². The zero-order valence-electron chi connectivity index (χ0n) is 4.59. The summed E-state index contributed by atoms with van der Waals surface area (Å²) >= 11 is 0. The second-order valence-electron chi connectivity index (χ2n) is 0.883. The zero-order valence-corrected chi connectivity index (χ0v) is 5.59. The second-order valence-corrected chi connectivity index (χ2v) is 2.08. The first-order valence-electron chi connectivity index (χ1n) is 1.55. The molecule has 0 spiro atoms. The zero-order chi connectivity index (χ0) is 8.08. The number of carbonyl (C=O) groups is 1. The summed E-state index contributed by atoms with van der Waals surface area (Å²) in [5.41, 5.74) is 0. The fraction of sp³-hybridized carbons (Fsp3) is 0. The van der Waals surface area contributed by atoms with Crippen LogP contribution in [0.25, 0.3) is 0 Å². The molecule has 8 N–H and O–H groups in total. The van der Waals surface area contributed by atoms with E-state index in [-0.39, 0.29) is 52.4 Å². The van der Waals surface area contributed by atoms with Crippen LogP contribution in [-0.4, -0.2) is 97.0 Å². The third-order valence-corrected chi connectivity index (χ3v) is 0. The first kappa shape index (κ1) is 29.3. The summed E-state index contributed by atoms with van der Waals surface area (Å²) in [5.74, 6) is 0. The van der Waals surface area contributed by atoms with Gasteiger partial charge in [-0.05, 0) is 0 Å². The van der Waals surface area contributed by atoms with Crippen LogP contribution in [-0.2, 0) is 0 Å². The Morgan fingerprint density at radius 2 is 1.00 bits per heavy atom. The molecule has 0 heterocycles. The SMILES string of the molecule is O.O=C(O)O.O[Si](O)(O)O.[AlH3].[NaH]. The number of hydrogen-bond donors (Lipinski definition) is 6. The van der Waals surface area contributed by atoms with Gasteiger partial charge in [-0.25, -0.2) is 4.79 Å². The Morgan fingerprint density at radius 3 is 1.00 bits per heavy atom. The van der Waals surface area contributed by atoms with Crippen molar-refractivity contribution < 1.29 is 39.7 Å². The predicted octanol–water partition coefficient (Wildman–Crippen LogP) is -5.04. The van der Waals surface area contributed by atoms with Crippen LogP contribution in [0.4, 0.5) is 4.79 Å². The fourth-order valence-corrected chi connectivity index (χ4v) is 0. The van der Waals surface area contributed by atoms with E-state index in [1.165, 1.54) is 0 Å². The van der Waals surface area contributed by atoms with Crippen molar-refractivity contribution in [1.29, 1.82) is 0 Å². The molecular formula is CH12AlNaO8Si. The molecule has 0 rings (SSSR count). The van der Waals surface area contributed by atoms with Gasteiger partial charge in [-0.1, -0.05) is 0 Å². The van der Waals surface area contributed by atoms with E-state index >= 15 is 0 Å². The van der Waals surface area contributed by atoms with E-state index in [0.717, 1.165) is 0 Å². The molecule has 0 saturated heterocycles. The molecule has 0 unspecified atom stereocenters. The van der Waals surface area contributed by atoms with Gasteiger partial charge in [-0.3, -0.25) is 0 Å². The molecule has 12 heavy (non-hydrogen) atoms. The number of hydrogen-bond acceptors (Lipinski definition) is 5. The summed E-state index contributed by atoms with van der Waals surface area (Å²) in [6.07, 6.45) is -1.83. The van der Waals surface area contributed by atoms with E-state index in [1.54, 1.807) is 0 Å². The molecule has 0 aliphatic rings. The molecule has 0 saturated carbocycles. The molecule has 11 heteroatoms. The molecule has 0 aliphatic heterocycles. The number of carboxylic acid groups (broad SMARTS) is 2. The van der Waals surface area contributed by atoms with Gasteiger partial charge in [0, 0.05) is 0 Å². The number of rotatable bonds is 0. The summed E-state index contributed by atoms with van der Waals surface area (Å²) in [4.78, 5) is 37.9. The van der Waals surface area contributed by atoms with E-state index in [1.807, 2.05) is 0 Å². The molecular weight excluding hydrogens is 218 g/mol. The van der Waals surface area contributed by atoms with E-state index in [9.17, 15) is 0 Å². The van der Waals surface area contributed by atoms with Gasteiger partial charge in [0.25, 0.3) is 0 Å². The first-order valence-corrected chi connectivity index (χ1v) is 3.33. The molecule has 0 amide bonds. The van der Waals surface area contributed by atoms with Gasteiger partial charge in [0.2, 0.25) is 0 Å². The molecule has 0 bridgehead atoms. The van der Waals surface area contributed by atoms with Gasteiger partial charge in [0.05, 0.1) is 0 Å². The summed E-state index contributed by atoms with van der Waals surface area (Å²) in [7, 11) is -4.61. The Bertz CT molecular complexity index is 81.5. The van der Waals surface area contributed by atoms with Crippen molar-refractivity contribution in [3.05, 3.63) is 0 Å². The molecule has 0 atom stereocenters. The third-order valence-electron chi connectivity index (χ3n) is 0. The van der Waals surface area contributed by atoms with Crippen LogP contribution in [0.5, 0.6) is 0 Å². The molecule has 72 valence electrons. The topological polar surface area (TPSA) is 170 Å². The van der Waals surface area contributed by atoms with Crippen LogP contribution in [0.3, 0.4) is 0 Å². The molecule has 0 aromatic rings. The van der Waals surface area contributed by atoms with Crippen LogP contribution in [0.15, 0.2) is 0 Å². The minimum atomic E-state index is -4.61. The van der Waals surface area contributed by atoms with Crippen molar-refractivity contribution >= 4 is 62.1 Å².